The van der Waals surface area contributed by atoms with Gasteiger partial charge in [-0.1, -0.05) is 12.1 Å². The predicted molar refractivity (Wildman–Crippen MR) is 141 cm³/mol. The van der Waals surface area contributed by atoms with E-state index in [4.69, 9.17) is 18.9 Å². The van der Waals surface area contributed by atoms with Gasteiger partial charge in [0.05, 0.1) is 21.3 Å². The summed E-state index contributed by atoms with van der Waals surface area (Å²) < 4.78 is 53.0. The molecule has 39 heavy (non-hydrogen) atoms. The number of methoxy groups -OCH3 is 4. The number of nitrogens with one attached hydrogen (secondary N) is 1. The van der Waals surface area contributed by atoms with Crippen molar-refractivity contribution in [2.75, 3.05) is 33.2 Å². The van der Waals surface area contributed by atoms with Gasteiger partial charge in [0.1, 0.15) is 23.4 Å². The number of aryl methyl sites for hydroxylation is 1. The summed E-state index contributed by atoms with van der Waals surface area (Å²) in [5.74, 6) is 1.06. The fourth-order valence-corrected chi connectivity index (χ4v) is 4.92. The Balaban J connectivity index is 1.85. The molecule has 0 radical (unpaired) electrons. The molecule has 14 nitrogen and oxygen atoms in total. The lowest BCUT2D eigenvalue weighted by Gasteiger charge is -2.22. The summed E-state index contributed by atoms with van der Waals surface area (Å²) in [7, 11) is 1.59. The van der Waals surface area contributed by atoms with Crippen LogP contribution in [0.3, 0.4) is 0 Å². The van der Waals surface area contributed by atoms with Gasteiger partial charge in [0.15, 0.2) is 17.3 Å². The lowest BCUT2D eigenvalue weighted by Crippen LogP contribution is -2.33. The van der Waals surface area contributed by atoms with Gasteiger partial charge in [-0.2, -0.15) is 9.97 Å². The normalized spacial score (nSPS) is 13.0. The van der Waals surface area contributed by atoms with Gasteiger partial charge in [0.2, 0.25) is 27.7 Å². The first-order valence-corrected chi connectivity index (χ1v) is 13.1. The topological polar surface area (TPSA) is 165 Å². The first-order valence-electron chi connectivity index (χ1n) is 11.6. The van der Waals surface area contributed by atoms with E-state index in [0.29, 0.717) is 11.3 Å². The Kier molecular flexibility index (Phi) is 8.21. The highest BCUT2D eigenvalue weighted by Gasteiger charge is 2.35. The number of anilines is 1. The van der Waals surface area contributed by atoms with E-state index in [1.54, 1.807) is 36.7 Å². The van der Waals surface area contributed by atoms with E-state index in [1.807, 2.05) is 6.92 Å². The summed E-state index contributed by atoms with van der Waals surface area (Å²) in [5.41, 5.74) is 1.57. The van der Waals surface area contributed by atoms with Crippen molar-refractivity contribution in [1.82, 2.24) is 34.7 Å². The van der Waals surface area contributed by atoms with Gasteiger partial charge in [-0.3, -0.25) is 9.29 Å². The SMILES string of the molecule is COc1cccc(-c2nnc(NS(=O)(=O)[C@@H](C)[C@H](OC)c3ncc(C)cn3)n2-c2c(OC)ncnc2OC)c1. The molecule has 0 saturated heterocycles. The molecule has 0 saturated carbocycles. The maximum absolute atomic E-state index is 13.6. The highest BCUT2D eigenvalue weighted by Crippen LogP contribution is 2.36. The summed E-state index contributed by atoms with van der Waals surface area (Å²) in [4.78, 5) is 16.8. The lowest BCUT2D eigenvalue weighted by atomic mass is 10.2. The number of nitrogens with zero attached hydrogens (tertiary/aromatic N) is 7. The fraction of sp³-hybridized carbons (Fsp3) is 0.333. The Bertz CT molecular complexity index is 1520. The minimum atomic E-state index is -4.16. The van der Waals surface area contributed by atoms with E-state index >= 15 is 0 Å². The van der Waals surface area contributed by atoms with Crippen LogP contribution in [-0.2, 0) is 14.8 Å². The van der Waals surface area contributed by atoms with Crippen LogP contribution in [0.4, 0.5) is 5.95 Å². The van der Waals surface area contributed by atoms with Crippen molar-refractivity contribution in [2.24, 2.45) is 0 Å². The van der Waals surface area contributed by atoms with Gasteiger partial charge in [-0.05, 0) is 31.5 Å². The monoisotopic (exact) mass is 556 g/mol. The zero-order valence-electron chi connectivity index (χ0n) is 22.2. The molecule has 0 unspecified atom stereocenters. The first kappa shape index (κ1) is 27.7. The molecule has 0 aliphatic rings. The first-order chi connectivity index (χ1) is 18.7. The summed E-state index contributed by atoms with van der Waals surface area (Å²) >= 11 is 0. The molecule has 0 bridgehead atoms. The predicted octanol–water partition coefficient (Wildman–Crippen LogP) is 2.37. The van der Waals surface area contributed by atoms with E-state index in [1.165, 1.54) is 46.3 Å². The second-order valence-corrected chi connectivity index (χ2v) is 10.3. The molecule has 3 aromatic heterocycles. The summed E-state index contributed by atoms with van der Waals surface area (Å²) in [6.45, 7) is 3.31. The van der Waals surface area contributed by atoms with Crippen LogP contribution < -0.4 is 18.9 Å². The standard InChI is InChI=1S/C24H28N8O6S/c1-14-11-25-20(26-12-14)19(36-4)15(2)39(33,34)31-24-30-29-21(16-8-7-9-17(10-16)35-3)32(24)18-22(37-5)27-13-28-23(18)38-6/h7-13,15,19H,1-6H3,(H,30,31)/t15-,19-/m0/s1. The quantitative estimate of drug-likeness (QED) is 0.287. The number of ether oxygens (including phenoxy) is 4. The third-order valence-electron chi connectivity index (χ3n) is 5.82. The minimum Gasteiger partial charge on any atom is -0.497 e. The molecule has 0 aliphatic carbocycles. The van der Waals surface area contributed by atoms with Crippen molar-refractivity contribution in [1.29, 1.82) is 0 Å². The van der Waals surface area contributed by atoms with Crippen LogP contribution in [0.25, 0.3) is 17.1 Å². The van der Waals surface area contributed by atoms with Crippen molar-refractivity contribution >= 4 is 16.0 Å². The van der Waals surface area contributed by atoms with Crippen molar-refractivity contribution in [3.8, 4) is 34.6 Å². The summed E-state index contributed by atoms with van der Waals surface area (Å²) in [6, 6.07) is 7.02. The van der Waals surface area contributed by atoms with Crippen LogP contribution in [0, 0.1) is 6.92 Å². The summed E-state index contributed by atoms with van der Waals surface area (Å²) in [6.07, 6.45) is 3.47. The smallest absolute Gasteiger partial charge is 0.245 e. The summed E-state index contributed by atoms with van der Waals surface area (Å²) in [5, 5.41) is 7.30. The van der Waals surface area contributed by atoms with Crippen molar-refractivity contribution < 1.29 is 27.4 Å². The molecule has 3 heterocycles. The third kappa shape index (κ3) is 5.58. The van der Waals surface area contributed by atoms with Crippen molar-refractivity contribution in [3.63, 3.8) is 0 Å². The van der Waals surface area contributed by atoms with E-state index in [0.717, 1.165) is 5.56 Å². The Morgan fingerprint density at radius 2 is 1.59 bits per heavy atom. The molecule has 15 heteroatoms. The zero-order valence-corrected chi connectivity index (χ0v) is 23.0. The number of sulfonamides is 1. The molecule has 4 rings (SSSR count). The zero-order chi connectivity index (χ0) is 28.2. The van der Waals surface area contributed by atoms with E-state index in [-0.39, 0.29) is 35.0 Å². The minimum absolute atomic E-state index is 0.0992. The Morgan fingerprint density at radius 3 is 2.18 bits per heavy atom. The number of aromatic nitrogens is 7. The van der Waals surface area contributed by atoms with Gasteiger partial charge < -0.3 is 18.9 Å². The van der Waals surface area contributed by atoms with Gasteiger partial charge in [-0.25, -0.2) is 18.4 Å². The Hall–Kier alpha value is -4.37. The maximum atomic E-state index is 13.6. The molecular weight excluding hydrogens is 528 g/mol. The van der Waals surface area contributed by atoms with Crippen LogP contribution in [0.5, 0.6) is 17.5 Å². The van der Waals surface area contributed by atoms with Gasteiger partial charge >= 0.3 is 0 Å². The molecule has 0 fully saturated rings. The number of benzene rings is 1. The molecule has 1 N–H and O–H groups in total. The highest BCUT2D eigenvalue weighted by molar-refractivity contribution is 7.93. The van der Waals surface area contributed by atoms with Crippen LogP contribution in [0.1, 0.15) is 24.4 Å². The molecule has 4 aromatic rings. The second-order valence-electron chi connectivity index (χ2n) is 8.28. The van der Waals surface area contributed by atoms with Crippen LogP contribution >= 0.6 is 0 Å². The second kappa shape index (κ2) is 11.6. The molecular formula is C24H28N8O6S. The van der Waals surface area contributed by atoms with Gasteiger partial charge in [0, 0.05) is 25.1 Å². The van der Waals surface area contributed by atoms with Crippen molar-refractivity contribution in [3.05, 3.63) is 54.4 Å². The molecule has 2 atom stereocenters. The fourth-order valence-electron chi connectivity index (χ4n) is 3.79. The van der Waals surface area contributed by atoms with Crippen LogP contribution in [-0.4, -0.2) is 76.8 Å². The molecule has 1 aromatic carbocycles. The average molecular weight is 557 g/mol. The van der Waals surface area contributed by atoms with Crippen LogP contribution in [0.2, 0.25) is 0 Å². The van der Waals surface area contributed by atoms with E-state index in [2.05, 4.69) is 34.9 Å². The number of rotatable bonds is 11. The van der Waals surface area contributed by atoms with Gasteiger partial charge in [-0.15, -0.1) is 10.2 Å². The van der Waals surface area contributed by atoms with Gasteiger partial charge in [0.25, 0.3) is 0 Å². The Labute approximate surface area is 225 Å². The molecule has 0 aliphatic heterocycles. The van der Waals surface area contributed by atoms with E-state index in [9.17, 15) is 8.42 Å². The average Bonchev–Trinajstić information content (AvgIpc) is 3.35. The molecule has 0 spiro atoms. The van der Waals surface area contributed by atoms with Crippen molar-refractivity contribution in [2.45, 2.75) is 25.2 Å². The molecule has 206 valence electrons. The maximum Gasteiger partial charge on any atom is 0.245 e. The Morgan fingerprint density at radius 1 is 0.923 bits per heavy atom. The largest absolute Gasteiger partial charge is 0.497 e. The number of hydrogen-bond donors (Lipinski definition) is 1. The molecule has 0 amide bonds. The number of hydrogen-bond acceptors (Lipinski definition) is 12. The van der Waals surface area contributed by atoms with Crippen LogP contribution in [0.15, 0.2) is 43.0 Å². The van der Waals surface area contributed by atoms with E-state index < -0.39 is 21.4 Å². The third-order valence-corrected chi connectivity index (χ3v) is 7.51. The highest BCUT2D eigenvalue weighted by atomic mass is 32.2. The lowest BCUT2D eigenvalue weighted by molar-refractivity contribution is 0.0949.